The predicted molar refractivity (Wildman–Crippen MR) is 92.1 cm³/mol. The summed E-state index contributed by atoms with van der Waals surface area (Å²) >= 11 is 7.63. The molecule has 0 saturated heterocycles. The van der Waals surface area contributed by atoms with Crippen LogP contribution in [0.2, 0.25) is 5.02 Å². The predicted octanol–water partition coefficient (Wildman–Crippen LogP) is 3.29. The number of rotatable bonds is 6. The number of hydrogen-bond donors (Lipinski definition) is 1. The van der Waals surface area contributed by atoms with Gasteiger partial charge in [0.2, 0.25) is 10.0 Å². The van der Waals surface area contributed by atoms with Gasteiger partial charge in [-0.05, 0) is 50.2 Å². The SMILES string of the molecule is Cc1c(Cl)cccc1S(=O)(=O)NC[C@H](c1cccs1)N(C)C. The highest BCUT2D eigenvalue weighted by molar-refractivity contribution is 7.89. The molecule has 0 saturated carbocycles. The van der Waals surface area contributed by atoms with Gasteiger partial charge >= 0.3 is 0 Å². The lowest BCUT2D eigenvalue weighted by Crippen LogP contribution is -2.34. The van der Waals surface area contributed by atoms with E-state index >= 15 is 0 Å². The van der Waals surface area contributed by atoms with Gasteiger partial charge in [-0.1, -0.05) is 23.7 Å². The van der Waals surface area contributed by atoms with Gasteiger partial charge in [-0.2, -0.15) is 0 Å². The van der Waals surface area contributed by atoms with Gasteiger partial charge in [-0.25, -0.2) is 13.1 Å². The molecule has 0 spiro atoms. The minimum atomic E-state index is -3.59. The fraction of sp³-hybridized carbons (Fsp3) is 0.333. The van der Waals surface area contributed by atoms with Crippen LogP contribution in [0, 0.1) is 6.92 Å². The van der Waals surface area contributed by atoms with Crippen molar-refractivity contribution >= 4 is 33.0 Å². The van der Waals surface area contributed by atoms with E-state index in [2.05, 4.69) is 4.72 Å². The molecule has 1 N–H and O–H groups in total. The van der Waals surface area contributed by atoms with Gasteiger partial charge in [0.05, 0.1) is 10.9 Å². The summed E-state index contributed by atoms with van der Waals surface area (Å²) in [4.78, 5) is 3.35. The van der Waals surface area contributed by atoms with Gasteiger partial charge in [-0.3, -0.25) is 0 Å². The van der Waals surface area contributed by atoms with Crippen molar-refractivity contribution in [3.05, 3.63) is 51.2 Å². The smallest absolute Gasteiger partial charge is 0.240 e. The van der Waals surface area contributed by atoms with Crippen LogP contribution in [-0.2, 0) is 10.0 Å². The van der Waals surface area contributed by atoms with E-state index in [0.29, 0.717) is 17.1 Å². The first-order valence-electron chi connectivity index (χ1n) is 6.77. The topological polar surface area (TPSA) is 49.4 Å². The molecule has 1 aromatic heterocycles. The third kappa shape index (κ3) is 3.88. The van der Waals surface area contributed by atoms with E-state index in [1.54, 1.807) is 36.5 Å². The average Bonchev–Trinajstić information content (AvgIpc) is 2.95. The largest absolute Gasteiger partial charge is 0.300 e. The number of halogens is 1. The molecule has 0 aliphatic carbocycles. The maximum atomic E-state index is 12.5. The Morgan fingerprint density at radius 2 is 2.00 bits per heavy atom. The number of benzene rings is 1. The van der Waals surface area contributed by atoms with Gasteiger partial charge in [0.15, 0.2) is 0 Å². The minimum absolute atomic E-state index is 0.00531. The molecule has 0 aliphatic rings. The monoisotopic (exact) mass is 358 g/mol. The summed E-state index contributed by atoms with van der Waals surface area (Å²) < 4.78 is 27.7. The first kappa shape index (κ1) is 17.4. The van der Waals surface area contributed by atoms with E-state index in [9.17, 15) is 8.42 Å². The molecule has 22 heavy (non-hydrogen) atoms. The van der Waals surface area contributed by atoms with E-state index in [1.165, 1.54) is 0 Å². The summed E-state index contributed by atoms with van der Waals surface area (Å²) in [5.41, 5.74) is 0.564. The molecule has 0 radical (unpaired) electrons. The Balaban J connectivity index is 2.20. The minimum Gasteiger partial charge on any atom is -0.300 e. The van der Waals surface area contributed by atoms with Gasteiger partial charge < -0.3 is 4.90 Å². The molecule has 7 heteroatoms. The first-order valence-corrected chi connectivity index (χ1v) is 9.51. The highest BCUT2D eigenvalue weighted by atomic mass is 35.5. The van der Waals surface area contributed by atoms with Crippen LogP contribution in [-0.4, -0.2) is 34.0 Å². The standard InChI is InChI=1S/C15H19ClN2O2S2/c1-11-12(16)6-4-8-15(11)22(19,20)17-10-13(18(2)3)14-7-5-9-21-14/h4-9,13,17H,10H2,1-3H3/t13-/m1/s1. The molecule has 1 heterocycles. The second kappa shape index (κ2) is 7.10. The second-order valence-electron chi connectivity index (χ2n) is 5.21. The summed E-state index contributed by atoms with van der Waals surface area (Å²) in [6, 6.07) is 8.87. The van der Waals surface area contributed by atoms with Crippen molar-refractivity contribution in [2.24, 2.45) is 0 Å². The fourth-order valence-corrected chi connectivity index (χ4v) is 4.62. The zero-order valence-corrected chi connectivity index (χ0v) is 15.1. The van der Waals surface area contributed by atoms with Crippen molar-refractivity contribution in [3.63, 3.8) is 0 Å². The number of nitrogens with zero attached hydrogens (tertiary/aromatic N) is 1. The second-order valence-corrected chi connectivity index (χ2v) is 8.33. The zero-order valence-electron chi connectivity index (χ0n) is 12.7. The van der Waals surface area contributed by atoms with Crippen molar-refractivity contribution in [1.29, 1.82) is 0 Å². The van der Waals surface area contributed by atoms with Crippen molar-refractivity contribution in [2.75, 3.05) is 20.6 Å². The van der Waals surface area contributed by atoms with Crippen molar-refractivity contribution < 1.29 is 8.42 Å². The van der Waals surface area contributed by atoms with Crippen LogP contribution in [0.25, 0.3) is 0 Å². The van der Waals surface area contributed by atoms with Gasteiger partial charge in [0.25, 0.3) is 0 Å². The highest BCUT2D eigenvalue weighted by Gasteiger charge is 2.22. The van der Waals surface area contributed by atoms with Crippen LogP contribution in [0.1, 0.15) is 16.5 Å². The van der Waals surface area contributed by atoms with E-state index in [-0.39, 0.29) is 10.9 Å². The lowest BCUT2D eigenvalue weighted by atomic mass is 10.2. The molecule has 0 fully saturated rings. The molecule has 120 valence electrons. The Bertz CT molecular complexity index is 728. The van der Waals surface area contributed by atoms with E-state index in [0.717, 1.165) is 4.88 Å². The Hall–Kier alpha value is -0.920. The van der Waals surface area contributed by atoms with E-state index in [4.69, 9.17) is 11.6 Å². The maximum Gasteiger partial charge on any atom is 0.240 e. The van der Waals surface area contributed by atoms with Gasteiger partial charge in [0.1, 0.15) is 0 Å². The normalized spacial score (nSPS) is 13.5. The van der Waals surface area contributed by atoms with Crippen molar-refractivity contribution in [3.8, 4) is 0 Å². The summed E-state index contributed by atoms with van der Waals surface area (Å²) in [5.74, 6) is 0. The molecule has 1 atom stereocenters. The molecular formula is C15H19ClN2O2S2. The molecule has 0 unspecified atom stereocenters. The number of nitrogens with one attached hydrogen (secondary N) is 1. The highest BCUT2D eigenvalue weighted by Crippen LogP contribution is 2.25. The number of thiophene rings is 1. The number of likely N-dealkylation sites (N-methyl/N-ethyl adjacent to an activating group) is 1. The van der Waals surface area contributed by atoms with Crippen LogP contribution < -0.4 is 4.72 Å². The molecule has 2 rings (SSSR count). The van der Waals surface area contributed by atoms with Gasteiger partial charge in [0, 0.05) is 16.4 Å². The summed E-state index contributed by atoms with van der Waals surface area (Å²) in [6.45, 7) is 2.02. The van der Waals surface area contributed by atoms with E-state index < -0.39 is 10.0 Å². The maximum absolute atomic E-state index is 12.5. The quantitative estimate of drug-likeness (QED) is 0.862. The van der Waals surface area contributed by atoms with Crippen LogP contribution in [0.15, 0.2) is 40.6 Å². The fourth-order valence-electron chi connectivity index (χ4n) is 2.16. The summed E-state index contributed by atoms with van der Waals surface area (Å²) in [6.07, 6.45) is 0. The zero-order chi connectivity index (χ0) is 16.3. The van der Waals surface area contributed by atoms with Crippen LogP contribution in [0.3, 0.4) is 0 Å². The molecule has 4 nitrogen and oxygen atoms in total. The van der Waals surface area contributed by atoms with Gasteiger partial charge in [-0.15, -0.1) is 11.3 Å². The molecule has 0 amide bonds. The summed E-state index contributed by atoms with van der Waals surface area (Å²) in [5, 5.41) is 2.44. The lowest BCUT2D eigenvalue weighted by molar-refractivity contribution is 0.303. The average molecular weight is 359 g/mol. The van der Waals surface area contributed by atoms with Crippen molar-refractivity contribution in [1.82, 2.24) is 9.62 Å². The molecule has 0 aliphatic heterocycles. The third-order valence-corrected chi connectivity index (χ3v) is 6.42. The Morgan fingerprint density at radius 1 is 1.27 bits per heavy atom. The van der Waals surface area contributed by atoms with Crippen LogP contribution in [0.4, 0.5) is 0 Å². The summed E-state index contributed by atoms with van der Waals surface area (Å²) in [7, 11) is 0.278. The van der Waals surface area contributed by atoms with Crippen molar-refractivity contribution in [2.45, 2.75) is 17.9 Å². The Kier molecular flexibility index (Phi) is 5.63. The molecule has 1 aromatic carbocycles. The first-order chi connectivity index (χ1) is 10.3. The number of hydrogen-bond acceptors (Lipinski definition) is 4. The Morgan fingerprint density at radius 3 is 2.59 bits per heavy atom. The third-order valence-electron chi connectivity index (χ3n) is 3.47. The Labute approximate surface area is 140 Å². The number of sulfonamides is 1. The van der Waals surface area contributed by atoms with Crippen LogP contribution in [0.5, 0.6) is 0 Å². The van der Waals surface area contributed by atoms with E-state index in [1.807, 2.05) is 36.5 Å². The lowest BCUT2D eigenvalue weighted by Gasteiger charge is -2.23. The van der Waals surface area contributed by atoms with Crippen LogP contribution >= 0.6 is 22.9 Å². The molecule has 0 bridgehead atoms. The molecule has 2 aromatic rings. The molecular weight excluding hydrogens is 340 g/mol.